The van der Waals surface area contributed by atoms with E-state index in [1.807, 2.05) is 13.8 Å². The summed E-state index contributed by atoms with van der Waals surface area (Å²) in [6, 6.07) is 0. The van der Waals surface area contributed by atoms with E-state index in [0.29, 0.717) is 32.7 Å². The minimum atomic E-state index is -3.45. The average molecular weight is 372 g/mol. The molecule has 0 aromatic rings. The molecule has 0 spiro atoms. The quantitative estimate of drug-likeness (QED) is 0.666. The van der Waals surface area contributed by atoms with Crippen LogP contribution in [-0.2, 0) is 15.0 Å². The van der Waals surface area contributed by atoms with E-state index in [4.69, 9.17) is 0 Å². The van der Waals surface area contributed by atoms with Crippen molar-refractivity contribution in [2.75, 3.05) is 32.7 Å². The van der Waals surface area contributed by atoms with E-state index in [0.717, 1.165) is 32.1 Å². The van der Waals surface area contributed by atoms with Crippen molar-refractivity contribution in [3.05, 3.63) is 11.6 Å². The molecule has 1 aliphatic heterocycles. The zero-order chi connectivity index (χ0) is 18.3. The van der Waals surface area contributed by atoms with Gasteiger partial charge in [-0.05, 0) is 44.9 Å². The number of hydrogen-bond donors (Lipinski definition) is 1. The van der Waals surface area contributed by atoms with Crippen LogP contribution >= 0.6 is 0 Å². The Morgan fingerprint density at radius 1 is 1.28 bits per heavy atom. The molecule has 0 saturated carbocycles. The van der Waals surface area contributed by atoms with Crippen LogP contribution in [0.5, 0.6) is 0 Å². The van der Waals surface area contributed by atoms with Crippen molar-refractivity contribution < 1.29 is 13.2 Å². The largest absolute Gasteiger partial charge is 0.356 e. The standard InChI is InChI=1S/C18H33N3O3S/c1-3-20(4-2)25(23,24)21-14-8-11-17(15-21)18(22)19-13-12-16-9-6-5-7-10-16/h9,17H,3-8,10-15H2,1-2H3,(H,19,22). The lowest BCUT2D eigenvalue weighted by atomic mass is 9.96. The summed E-state index contributed by atoms with van der Waals surface area (Å²) in [4.78, 5) is 12.5. The molecule has 144 valence electrons. The van der Waals surface area contributed by atoms with E-state index >= 15 is 0 Å². The molecular weight excluding hydrogens is 338 g/mol. The summed E-state index contributed by atoms with van der Waals surface area (Å²) >= 11 is 0. The number of carbonyl (C=O) groups is 1. The molecule has 2 aliphatic rings. The third-order valence-corrected chi connectivity index (χ3v) is 7.40. The second-order valence-electron chi connectivity index (χ2n) is 6.94. The highest BCUT2D eigenvalue weighted by Crippen LogP contribution is 2.22. The van der Waals surface area contributed by atoms with Crippen LogP contribution < -0.4 is 5.32 Å². The number of hydrogen-bond acceptors (Lipinski definition) is 3. The number of rotatable bonds is 8. The molecule has 1 N–H and O–H groups in total. The second kappa shape index (κ2) is 9.69. The van der Waals surface area contributed by atoms with Crippen molar-refractivity contribution in [1.29, 1.82) is 0 Å². The van der Waals surface area contributed by atoms with Crippen LogP contribution in [0.3, 0.4) is 0 Å². The van der Waals surface area contributed by atoms with Gasteiger partial charge in [0, 0.05) is 32.7 Å². The van der Waals surface area contributed by atoms with Crippen molar-refractivity contribution in [2.24, 2.45) is 5.92 Å². The van der Waals surface area contributed by atoms with Gasteiger partial charge in [-0.25, -0.2) is 0 Å². The van der Waals surface area contributed by atoms with E-state index in [9.17, 15) is 13.2 Å². The first-order chi connectivity index (χ1) is 12.0. The highest BCUT2D eigenvalue weighted by Gasteiger charge is 2.34. The predicted octanol–water partition coefficient (Wildman–Crippen LogP) is 2.29. The molecule has 0 aromatic carbocycles. The van der Waals surface area contributed by atoms with Crippen LogP contribution in [-0.4, -0.2) is 55.7 Å². The van der Waals surface area contributed by atoms with Gasteiger partial charge in [0.25, 0.3) is 10.2 Å². The van der Waals surface area contributed by atoms with E-state index < -0.39 is 10.2 Å². The number of nitrogens with zero attached hydrogens (tertiary/aromatic N) is 2. The second-order valence-corrected chi connectivity index (χ2v) is 8.87. The molecule has 1 saturated heterocycles. The number of piperidine rings is 1. The molecule has 1 fully saturated rings. The Bertz CT molecular complexity index is 570. The maximum Gasteiger partial charge on any atom is 0.281 e. The van der Waals surface area contributed by atoms with Crippen LogP contribution in [0.25, 0.3) is 0 Å². The maximum absolute atomic E-state index is 12.6. The first kappa shape index (κ1) is 20.4. The van der Waals surface area contributed by atoms with Crippen LogP contribution in [0.1, 0.15) is 58.8 Å². The van der Waals surface area contributed by atoms with Crippen LogP contribution in [0.15, 0.2) is 11.6 Å². The number of amides is 1. The van der Waals surface area contributed by atoms with Crippen molar-refractivity contribution in [1.82, 2.24) is 13.9 Å². The molecule has 25 heavy (non-hydrogen) atoms. The normalized spacial score (nSPS) is 22.7. The fourth-order valence-electron chi connectivity index (χ4n) is 3.70. The Morgan fingerprint density at radius 2 is 2.04 bits per heavy atom. The number of carbonyl (C=O) groups excluding carboxylic acids is 1. The average Bonchev–Trinajstić information content (AvgIpc) is 2.63. The van der Waals surface area contributed by atoms with Crippen molar-refractivity contribution in [2.45, 2.75) is 58.8 Å². The van der Waals surface area contributed by atoms with Crippen molar-refractivity contribution in [3.8, 4) is 0 Å². The molecule has 7 heteroatoms. The van der Waals surface area contributed by atoms with Gasteiger partial charge in [0.15, 0.2) is 0 Å². The summed E-state index contributed by atoms with van der Waals surface area (Å²) in [6.45, 7) is 6.07. The summed E-state index contributed by atoms with van der Waals surface area (Å²) in [5.41, 5.74) is 1.45. The predicted molar refractivity (Wildman–Crippen MR) is 100 cm³/mol. The van der Waals surface area contributed by atoms with E-state index in [1.165, 1.54) is 27.0 Å². The lowest BCUT2D eigenvalue weighted by Gasteiger charge is -2.34. The fraction of sp³-hybridized carbons (Fsp3) is 0.833. The number of nitrogens with one attached hydrogen (secondary N) is 1. The molecule has 1 unspecified atom stereocenters. The Morgan fingerprint density at radius 3 is 2.68 bits per heavy atom. The lowest BCUT2D eigenvalue weighted by molar-refractivity contribution is -0.126. The highest BCUT2D eigenvalue weighted by molar-refractivity contribution is 7.86. The minimum Gasteiger partial charge on any atom is -0.356 e. The summed E-state index contributed by atoms with van der Waals surface area (Å²) in [6.07, 6.45) is 9.55. The van der Waals surface area contributed by atoms with Gasteiger partial charge < -0.3 is 5.32 Å². The Hall–Kier alpha value is -0.920. The van der Waals surface area contributed by atoms with E-state index in [1.54, 1.807) is 0 Å². The molecule has 2 rings (SSSR count). The Labute approximate surface area is 152 Å². The summed E-state index contributed by atoms with van der Waals surface area (Å²) < 4.78 is 28.2. The van der Waals surface area contributed by atoms with Crippen LogP contribution in [0, 0.1) is 5.92 Å². The van der Waals surface area contributed by atoms with Crippen LogP contribution in [0.4, 0.5) is 0 Å². The molecule has 0 aromatic heterocycles. The zero-order valence-corrected chi connectivity index (χ0v) is 16.5. The van der Waals surface area contributed by atoms with Gasteiger partial charge in [0.2, 0.25) is 5.91 Å². The SMILES string of the molecule is CCN(CC)S(=O)(=O)N1CCCC(C(=O)NCCC2=CCCCC2)C1. The third kappa shape index (κ3) is 5.53. The molecule has 6 nitrogen and oxygen atoms in total. The smallest absolute Gasteiger partial charge is 0.281 e. The molecule has 0 radical (unpaired) electrons. The van der Waals surface area contributed by atoms with Gasteiger partial charge in [-0.15, -0.1) is 0 Å². The first-order valence-electron chi connectivity index (χ1n) is 9.69. The summed E-state index contributed by atoms with van der Waals surface area (Å²) in [5.74, 6) is -0.240. The van der Waals surface area contributed by atoms with Gasteiger partial charge in [-0.3, -0.25) is 4.79 Å². The van der Waals surface area contributed by atoms with Crippen LogP contribution in [0.2, 0.25) is 0 Å². The molecule has 1 aliphatic carbocycles. The van der Waals surface area contributed by atoms with Crippen molar-refractivity contribution >= 4 is 16.1 Å². The highest BCUT2D eigenvalue weighted by atomic mass is 32.2. The Balaban J connectivity index is 1.85. The third-order valence-electron chi connectivity index (χ3n) is 5.24. The van der Waals surface area contributed by atoms with Gasteiger partial charge >= 0.3 is 0 Å². The minimum absolute atomic E-state index is 0.00384. The van der Waals surface area contributed by atoms with Gasteiger partial charge in [0.05, 0.1) is 5.92 Å². The first-order valence-corrected chi connectivity index (χ1v) is 11.1. The summed E-state index contributed by atoms with van der Waals surface area (Å²) in [5, 5.41) is 3.01. The molecule has 1 atom stereocenters. The molecule has 0 bridgehead atoms. The topological polar surface area (TPSA) is 69.7 Å². The monoisotopic (exact) mass is 371 g/mol. The van der Waals surface area contributed by atoms with Crippen molar-refractivity contribution in [3.63, 3.8) is 0 Å². The van der Waals surface area contributed by atoms with E-state index in [-0.39, 0.29) is 11.8 Å². The zero-order valence-electron chi connectivity index (χ0n) is 15.7. The van der Waals surface area contributed by atoms with Gasteiger partial charge in [-0.2, -0.15) is 17.0 Å². The molecular formula is C18H33N3O3S. The summed E-state index contributed by atoms with van der Waals surface area (Å²) in [7, 11) is -3.45. The Kier molecular flexibility index (Phi) is 7.90. The maximum atomic E-state index is 12.6. The van der Waals surface area contributed by atoms with Gasteiger partial charge in [-0.1, -0.05) is 25.5 Å². The molecule has 1 amide bonds. The lowest BCUT2D eigenvalue weighted by Crippen LogP contribution is -2.50. The number of allylic oxidation sites excluding steroid dienone is 1. The fourth-order valence-corrected chi connectivity index (χ4v) is 5.41. The van der Waals surface area contributed by atoms with Gasteiger partial charge in [0.1, 0.15) is 0 Å². The molecule has 1 heterocycles. The van der Waals surface area contributed by atoms with E-state index in [2.05, 4.69) is 11.4 Å².